The lowest BCUT2D eigenvalue weighted by Gasteiger charge is -2.58. The van der Waals surface area contributed by atoms with Crippen LogP contribution in [0.3, 0.4) is 0 Å². The van der Waals surface area contributed by atoms with Crippen molar-refractivity contribution < 1.29 is 9.59 Å². The van der Waals surface area contributed by atoms with Gasteiger partial charge in [-0.1, -0.05) is 6.07 Å². The van der Waals surface area contributed by atoms with Crippen LogP contribution in [0.4, 0.5) is 0 Å². The first-order valence-corrected chi connectivity index (χ1v) is 9.76. The van der Waals surface area contributed by atoms with E-state index in [1.807, 2.05) is 12.1 Å². The second kappa shape index (κ2) is 5.41. The quantitative estimate of drug-likeness (QED) is 0.921. The van der Waals surface area contributed by atoms with Crippen molar-refractivity contribution >= 4 is 11.7 Å². The first-order valence-electron chi connectivity index (χ1n) is 9.76. The molecule has 3 aliphatic carbocycles. The van der Waals surface area contributed by atoms with E-state index in [0.29, 0.717) is 29.7 Å². The predicted octanol–water partition coefficient (Wildman–Crippen LogP) is 2.43. The summed E-state index contributed by atoms with van der Waals surface area (Å²) in [6.45, 7) is 2.32. The van der Waals surface area contributed by atoms with Gasteiger partial charge in [-0.2, -0.15) is 0 Å². The summed E-state index contributed by atoms with van der Waals surface area (Å²) in [6, 6.07) is 6.54. The van der Waals surface area contributed by atoms with E-state index in [9.17, 15) is 9.59 Å². The summed E-state index contributed by atoms with van der Waals surface area (Å²) in [6.07, 6.45) is 7.26. The Kier molecular flexibility index (Phi) is 3.37. The molecule has 4 nitrogen and oxygen atoms in total. The molecular weight excluding hydrogens is 312 g/mol. The van der Waals surface area contributed by atoms with Crippen LogP contribution in [0.2, 0.25) is 0 Å². The van der Waals surface area contributed by atoms with Crippen LogP contribution in [0.5, 0.6) is 0 Å². The lowest BCUT2D eigenvalue weighted by Crippen LogP contribution is -2.62. The molecule has 0 aromatic heterocycles. The van der Waals surface area contributed by atoms with Crippen LogP contribution in [0.25, 0.3) is 0 Å². The minimum absolute atomic E-state index is 0.0565. The van der Waals surface area contributed by atoms with E-state index >= 15 is 0 Å². The molecule has 1 aromatic carbocycles. The molecule has 1 saturated heterocycles. The molecule has 1 amide bonds. The fourth-order valence-corrected chi connectivity index (χ4v) is 5.92. The number of hydrogen-bond donors (Lipinski definition) is 1. The Morgan fingerprint density at radius 2 is 2.12 bits per heavy atom. The monoisotopic (exact) mass is 338 g/mol. The number of carbonyl (C=O) groups is 2. The molecule has 1 heterocycles. The first-order chi connectivity index (χ1) is 12.1. The summed E-state index contributed by atoms with van der Waals surface area (Å²) in [5.74, 6) is 1.47. The topological polar surface area (TPSA) is 63.4 Å². The summed E-state index contributed by atoms with van der Waals surface area (Å²) in [4.78, 5) is 26.8. The van der Waals surface area contributed by atoms with Crippen molar-refractivity contribution in [1.82, 2.24) is 4.90 Å². The molecule has 1 aliphatic heterocycles. The number of rotatable bonds is 3. The molecule has 0 radical (unpaired) electrons. The number of carbonyl (C=O) groups excluding carboxylic acids is 2. The third-order valence-corrected chi connectivity index (χ3v) is 7.28. The highest BCUT2D eigenvalue weighted by molar-refractivity contribution is 5.93. The number of nitrogens with zero attached hydrogens (tertiary/aromatic N) is 1. The summed E-state index contributed by atoms with van der Waals surface area (Å²) < 4.78 is 0. The Labute approximate surface area is 148 Å². The van der Waals surface area contributed by atoms with Crippen molar-refractivity contribution in [1.29, 1.82) is 0 Å². The third-order valence-electron chi connectivity index (χ3n) is 7.28. The third kappa shape index (κ3) is 2.37. The molecule has 2 bridgehead atoms. The highest BCUT2D eigenvalue weighted by Gasteiger charge is 2.55. The molecule has 3 atom stereocenters. The maximum Gasteiger partial charge on any atom is 0.248 e. The molecule has 0 spiro atoms. The number of likely N-dealkylation sites (tertiary alicyclic amines) is 1. The van der Waals surface area contributed by atoms with Crippen molar-refractivity contribution in [2.45, 2.75) is 56.4 Å². The SMILES string of the molecule is NC(=O)c1ccc2c(c1)C13CCN(CC4CC4)[C@H](C2)[C@@H]1CCC(=O)C3. The van der Waals surface area contributed by atoms with Gasteiger partial charge in [-0.25, -0.2) is 0 Å². The van der Waals surface area contributed by atoms with Crippen LogP contribution in [-0.2, 0) is 16.6 Å². The number of Topliss-reactive ketones (excluding diaryl/α,β-unsaturated/α-hetero) is 1. The van der Waals surface area contributed by atoms with Gasteiger partial charge in [-0.3, -0.25) is 14.5 Å². The summed E-state index contributed by atoms with van der Waals surface area (Å²) in [5, 5.41) is 0. The van der Waals surface area contributed by atoms with Gasteiger partial charge >= 0.3 is 0 Å². The zero-order chi connectivity index (χ0) is 17.2. The number of amides is 1. The lowest BCUT2D eigenvalue weighted by molar-refractivity contribution is -0.127. The average molecular weight is 338 g/mol. The fraction of sp³-hybridized carbons (Fsp3) is 0.619. The van der Waals surface area contributed by atoms with Crippen molar-refractivity contribution in [2.24, 2.45) is 17.6 Å². The first kappa shape index (κ1) is 15.6. The van der Waals surface area contributed by atoms with Crippen LogP contribution in [-0.4, -0.2) is 35.7 Å². The maximum atomic E-state index is 12.4. The average Bonchev–Trinajstić information content (AvgIpc) is 3.40. The highest BCUT2D eigenvalue weighted by atomic mass is 16.1. The minimum atomic E-state index is -0.369. The second-order valence-corrected chi connectivity index (χ2v) is 8.71. The van der Waals surface area contributed by atoms with Gasteiger partial charge < -0.3 is 5.73 Å². The molecular formula is C21H26N2O2. The van der Waals surface area contributed by atoms with Crippen molar-refractivity contribution in [3.8, 4) is 0 Å². The Morgan fingerprint density at radius 1 is 1.28 bits per heavy atom. The van der Waals surface area contributed by atoms with Gasteiger partial charge in [-0.15, -0.1) is 0 Å². The van der Waals surface area contributed by atoms with Gasteiger partial charge in [-0.05, 0) is 73.7 Å². The Balaban J connectivity index is 1.60. The number of benzene rings is 1. The zero-order valence-corrected chi connectivity index (χ0v) is 14.7. The smallest absolute Gasteiger partial charge is 0.248 e. The summed E-state index contributed by atoms with van der Waals surface area (Å²) in [5.41, 5.74) is 8.66. The molecule has 4 aliphatic rings. The fourth-order valence-electron chi connectivity index (χ4n) is 5.92. The molecule has 3 fully saturated rings. The van der Waals surface area contributed by atoms with E-state index in [-0.39, 0.29) is 11.3 Å². The van der Waals surface area contributed by atoms with E-state index in [0.717, 1.165) is 38.1 Å². The normalized spacial score (nSPS) is 34.3. The van der Waals surface area contributed by atoms with E-state index in [1.165, 1.54) is 30.5 Å². The number of fused-ring (bicyclic) bond motifs is 1. The summed E-state index contributed by atoms with van der Waals surface area (Å²) >= 11 is 0. The minimum Gasteiger partial charge on any atom is -0.366 e. The van der Waals surface area contributed by atoms with Gasteiger partial charge in [0.15, 0.2) is 0 Å². The van der Waals surface area contributed by atoms with Gasteiger partial charge in [0, 0.05) is 36.4 Å². The van der Waals surface area contributed by atoms with E-state index in [2.05, 4.69) is 11.0 Å². The molecule has 4 heteroatoms. The Morgan fingerprint density at radius 3 is 2.88 bits per heavy atom. The molecule has 1 aromatic rings. The van der Waals surface area contributed by atoms with Gasteiger partial charge in [0.05, 0.1) is 0 Å². The molecule has 5 rings (SSSR count). The second-order valence-electron chi connectivity index (χ2n) is 8.71. The van der Waals surface area contributed by atoms with Gasteiger partial charge in [0.1, 0.15) is 5.78 Å². The number of hydrogen-bond acceptors (Lipinski definition) is 3. The summed E-state index contributed by atoms with van der Waals surface area (Å²) in [7, 11) is 0. The standard InChI is InChI=1S/C21H26N2O2/c22-20(25)15-4-3-14-10-19-17-6-5-16(24)11-21(17,18(14)9-15)7-8-23(19)12-13-1-2-13/h3-4,9,13,17,19H,1-2,5-8,10-12H2,(H2,22,25)/t17-,19+,21?/m0/s1. The van der Waals surface area contributed by atoms with Crippen molar-refractivity contribution in [2.75, 3.05) is 13.1 Å². The van der Waals surface area contributed by atoms with Crippen LogP contribution in [0.1, 0.15) is 60.0 Å². The lowest BCUT2D eigenvalue weighted by atomic mass is 9.52. The molecule has 2 N–H and O–H groups in total. The number of piperidine rings is 1. The van der Waals surface area contributed by atoms with E-state index < -0.39 is 0 Å². The van der Waals surface area contributed by atoms with Crippen LogP contribution in [0.15, 0.2) is 18.2 Å². The van der Waals surface area contributed by atoms with Gasteiger partial charge in [0.2, 0.25) is 5.91 Å². The van der Waals surface area contributed by atoms with E-state index in [4.69, 9.17) is 5.73 Å². The predicted molar refractivity (Wildman–Crippen MR) is 95.4 cm³/mol. The molecule has 132 valence electrons. The Bertz CT molecular complexity index is 754. The van der Waals surface area contributed by atoms with E-state index in [1.54, 1.807) is 0 Å². The van der Waals surface area contributed by atoms with Gasteiger partial charge in [0.25, 0.3) is 0 Å². The zero-order valence-electron chi connectivity index (χ0n) is 14.7. The van der Waals surface area contributed by atoms with Crippen molar-refractivity contribution in [3.63, 3.8) is 0 Å². The maximum absolute atomic E-state index is 12.4. The highest BCUT2D eigenvalue weighted by Crippen LogP contribution is 2.55. The molecule has 25 heavy (non-hydrogen) atoms. The number of nitrogens with two attached hydrogens (primary N) is 1. The molecule has 1 unspecified atom stereocenters. The Hall–Kier alpha value is -1.68. The van der Waals surface area contributed by atoms with Crippen molar-refractivity contribution in [3.05, 3.63) is 34.9 Å². The largest absolute Gasteiger partial charge is 0.366 e. The molecule has 2 saturated carbocycles. The number of ketones is 1. The van der Waals surface area contributed by atoms with Crippen LogP contribution < -0.4 is 5.73 Å². The number of primary amides is 1. The van der Waals surface area contributed by atoms with Crippen LogP contribution in [0, 0.1) is 11.8 Å². The van der Waals surface area contributed by atoms with Crippen LogP contribution >= 0.6 is 0 Å².